The van der Waals surface area contributed by atoms with E-state index in [-0.39, 0.29) is 15.7 Å². The molecule has 1 aromatic carbocycles. The second-order valence-electron chi connectivity index (χ2n) is 6.03. The second kappa shape index (κ2) is 6.86. The van der Waals surface area contributed by atoms with Gasteiger partial charge in [0.05, 0.1) is 21.3 Å². The average molecular weight is 396 g/mol. The monoisotopic (exact) mass is 395 g/mol. The zero-order valence-electron chi connectivity index (χ0n) is 13.4. The number of nitrogens with one attached hydrogen (secondary N) is 1. The number of amides is 1. The maximum Gasteiger partial charge on any atom is 0.434 e. The number of carbonyl (C=O) groups excluding carboxylic acids is 1. The number of nitrogens with zero attached hydrogens (tertiary/aromatic N) is 2. The molecule has 0 spiro atoms. The molecule has 136 valence electrons. The highest BCUT2D eigenvalue weighted by atomic mass is 35.5. The fourth-order valence-electron chi connectivity index (χ4n) is 1.92. The summed E-state index contributed by atoms with van der Waals surface area (Å²) in [4.78, 5) is 20.7. The van der Waals surface area contributed by atoms with Crippen molar-refractivity contribution in [2.24, 2.45) is 0 Å². The van der Waals surface area contributed by atoms with Gasteiger partial charge in [0.1, 0.15) is 6.33 Å². The van der Waals surface area contributed by atoms with Crippen molar-refractivity contribution < 1.29 is 22.8 Å². The molecule has 2 rings (SSSR count). The molecule has 0 atom stereocenters. The van der Waals surface area contributed by atoms with Gasteiger partial charge in [-0.15, -0.1) is 0 Å². The Kier molecular flexibility index (Phi) is 5.36. The maximum atomic E-state index is 13.6. The van der Waals surface area contributed by atoms with Gasteiger partial charge in [-0.1, -0.05) is 29.3 Å². The molecule has 0 aliphatic rings. The molecule has 1 aromatic heterocycles. The van der Waals surface area contributed by atoms with Crippen molar-refractivity contribution in [1.82, 2.24) is 15.0 Å². The molecule has 0 saturated heterocycles. The topological polar surface area (TPSA) is 56.1 Å². The van der Waals surface area contributed by atoms with Gasteiger partial charge in [-0.2, -0.15) is 13.2 Å². The van der Waals surface area contributed by atoms with Gasteiger partial charge in [0.2, 0.25) is 0 Å². The van der Waals surface area contributed by atoms with Gasteiger partial charge in [0.25, 0.3) is 5.91 Å². The summed E-state index contributed by atoms with van der Waals surface area (Å²) in [5, 5.41) is -0.0402. The molecule has 1 heterocycles. The highest BCUT2D eigenvalue weighted by Gasteiger charge is 2.41. The Labute approximate surface area is 151 Å². The van der Waals surface area contributed by atoms with Crippen molar-refractivity contribution in [2.75, 3.05) is 0 Å². The van der Waals surface area contributed by atoms with Crippen LogP contribution in [0.2, 0.25) is 10.0 Å². The van der Waals surface area contributed by atoms with Gasteiger partial charge < -0.3 is 0 Å². The van der Waals surface area contributed by atoms with Gasteiger partial charge in [0, 0.05) is 0 Å². The van der Waals surface area contributed by atoms with E-state index in [0.29, 0.717) is 4.57 Å². The number of para-hydroxylation sites is 1. The zero-order chi connectivity index (χ0) is 19.0. The van der Waals surface area contributed by atoms with Crippen molar-refractivity contribution in [1.29, 1.82) is 0 Å². The molecule has 0 unspecified atom stereocenters. The Morgan fingerprint density at radius 1 is 1.20 bits per heavy atom. The molecule has 2 aromatic rings. The lowest BCUT2D eigenvalue weighted by Gasteiger charge is -2.19. The standard InChI is InChI=1S/C15H14Cl2F3N3O2/c1-14(2,3)25-22-13(24)10-12(15(18,19)20)23(7-21-10)11-8(16)5-4-6-9(11)17/h4-7H,1-3H3,(H,22,24). The quantitative estimate of drug-likeness (QED) is 0.768. The number of imidazole rings is 1. The summed E-state index contributed by atoms with van der Waals surface area (Å²) in [6.07, 6.45) is -4.05. The first-order valence-electron chi connectivity index (χ1n) is 6.99. The molecule has 25 heavy (non-hydrogen) atoms. The average Bonchev–Trinajstić information content (AvgIpc) is 2.88. The molecule has 1 amide bonds. The summed E-state index contributed by atoms with van der Waals surface area (Å²) >= 11 is 11.9. The van der Waals surface area contributed by atoms with Crippen LogP contribution in [-0.4, -0.2) is 21.1 Å². The Balaban J connectivity index is 2.55. The number of halogens is 5. The fourth-order valence-corrected chi connectivity index (χ4v) is 2.50. The molecular weight excluding hydrogens is 382 g/mol. The van der Waals surface area contributed by atoms with E-state index in [2.05, 4.69) is 4.98 Å². The molecule has 5 nitrogen and oxygen atoms in total. The molecule has 0 aliphatic carbocycles. The third-order valence-corrected chi connectivity index (χ3v) is 3.49. The van der Waals surface area contributed by atoms with Gasteiger partial charge in [-0.3, -0.25) is 14.2 Å². The first-order chi connectivity index (χ1) is 11.4. The number of alkyl halides is 3. The van der Waals surface area contributed by atoms with Crippen LogP contribution in [0.5, 0.6) is 0 Å². The highest BCUT2D eigenvalue weighted by Crippen LogP contribution is 2.37. The van der Waals surface area contributed by atoms with E-state index >= 15 is 0 Å². The van der Waals surface area contributed by atoms with Crippen LogP contribution in [0.3, 0.4) is 0 Å². The van der Waals surface area contributed by atoms with Crippen molar-refractivity contribution >= 4 is 29.1 Å². The van der Waals surface area contributed by atoms with E-state index in [4.69, 9.17) is 28.0 Å². The van der Waals surface area contributed by atoms with Crippen molar-refractivity contribution in [3.05, 3.63) is 46.0 Å². The van der Waals surface area contributed by atoms with Gasteiger partial charge >= 0.3 is 6.18 Å². The molecule has 0 aliphatic heterocycles. The Hall–Kier alpha value is -1.77. The van der Waals surface area contributed by atoms with Crippen molar-refractivity contribution in [2.45, 2.75) is 32.5 Å². The number of carbonyl (C=O) groups is 1. The van der Waals surface area contributed by atoms with E-state index < -0.39 is 29.1 Å². The summed E-state index contributed by atoms with van der Waals surface area (Å²) < 4.78 is 41.3. The van der Waals surface area contributed by atoms with Crippen LogP contribution >= 0.6 is 23.2 Å². The minimum Gasteiger partial charge on any atom is -0.291 e. The number of aromatic nitrogens is 2. The minimum atomic E-state index is -4.88. The summed E-state index contributed by atoms with van der Waals surface area (Å²) in [6, 6.07) is 4.25. The summed E-state index contributed by atoms with van der Waals surface area (Å²) in [5.74, 6) is -1.14. The lowest BCUT2D eigenvalue weighted by molar-refractivity contribution is -0.142. The maximum absolute atomic E-state index is 13.6. The number of benzene rings is 1. The predicted octanol–water partition coefficient (Wildman–Crippen LogP) is 4.66. The first kappa shape index (κ1) is 19.6. The Morgan fingerprint density at radius 2 is 1.76 bits per heavy atom. The lowest BCUT2D eigenvalue weighted by Crippen LogP contribution is -2.34. The largest absolute Gasteiger partial charge is 0.434 e. The number of hydrogen-bond acceptors (Lipinski definition) is 3. The number of hydroxylamine groups is 1. The zero-order valence-corrected chi connectivity index (χ0v) is 14.9. The molecule has 0 bridgehead atoms. The second-order valence-corrected chi connectivity index (χ2v) is 6.84. The Morgan fingerprint density at radius 3 is 2.24 bits per heavy atom. The van der Waals surface area contributed by atoms with Crippen molar-refractivity contribution in [3.63, 3.8) is 0 Å². The van der Waals surface area contributed by atoms with Crippen LogP contribution in [-0.2, 0) is 11.0 Å². The molecule has 10 heteroatoms. The minimum absolute atomic E-state index is 0.0201. The number of hydrogen-bond donors (Lipinski definition) is 1. The van der Waals surface area contributed by atoms with E-state index in [9.17, 15) is 18.0 Å². The van der Waals surface area contributed by atoms with Crippen LogP contribution in [0.1, 0.15) is 37.0 Å². The molecule has 1 N–H and O–H groups in total. The fraction of sp³-hybridized carbons (Fsp3) is 0.333. The van der Waals surface area contributed by atoms with E-state index in [1.165, 1.54) is 18.2 Å². The van der Waals surface area contributed by atoms with Crippen LogP contribution in [0.4, 0.5) is 13.2 Å². The third-order valence-electron chi connectivity index (χ3n) is 2.88. The normalized spacial score (nSPS) is 12.3. The van der Waals surface area contributed by atoms with Gasteiger partial charge in [-0.05, 0) is 32.9 Å². The summed E-state index contributed by atoms with van der Waals surface area (Å²) in [5.41, 5.74) is -1.11. The van der Waals surface area contributed by atoms with E-state index in [1.807, 2.05) is 5.48 Å². The van der Waals surface area contributed by atoms with Crippen LogP contribution < -0.4 is 5.48 Å². The van der Waals surface area contributed by atoms with E-state index in [0.717, 1.165) is 6.33 Å². The van der Waals surface area contributed by atoms with Gasteiger partial charge in [0.15, 0.2) is 11.4 Å². The summed E-state index contributed by atoms with van der Waals surface area (Å²) in [7, 11) is 0. The third kappa shape index (κ3) is 4.45. The van der Waals surface area contributed by atoms with Crippen LogP contribution in [0.15, 0.2) is 24.5 Å². The molecular formula is C15H14Cl2F3N3O2. The van der Waals surface area contributed by atoms with E-state index in [1.54, 1.807) is 20.8 Å². The van der Waals surface area contributed by atoms with Crippen LogP contribution in [0, 0.1) is 0 Å². The molecule has 0 saturated carbocycles. The lowest BCUT2D eigenvalue weighted by atomic mass is 10.2. The smallest absolute Gasteiger partial charge is 0.291 e. The SMILES string of the molecule is CC(C)(C)ONC(=O)c1ncn(-c2c(Cl)cccc2Cl)c1C(F)(F)F. The van der Waals surface area contributed by atoms with Crippen molar-refractivity contribution in [3.8, 4) is 5.69 Å². The Bertz CT molecular complexity index is 778. The number of rotatable bonds is 3. The van der Waals surface area contributed by atoms with Gasteiger partial charge in [-0.25, -0.2) is 10.5 Å². The van der Waals surface area contributed by atoms with Crippen LogP contribution in [0.25, 0.3) is 5.69 Å². The summed E-state index contributed by atoms with van der Waals surface area (Å²) in [6.45, 7) is 4.88. The molecule has 0 radical (unpaired) electrons. The molecule has 0 fully saturated rings. The first-order valence-corrected chi connectivity index (χ1v) is 7.74. The predicted molar refractivity (Wildman–Crippen MR) is 86.9 cm³/mol. The highest BCUT2D eigenvalue weighted by molar-refractivity contribution is 6.37.